The molecule has 2 rings (SSSR count). The van der Waals surface area contributed by atoms with Crippen molar-refractivity contribution < 1.29 is 9.53 Å². The lowest BCUT2D eigenvalue weighted by atomic mass is 10.1. The number of ketones is 1. The zero-order chi connectivity index (χ0) is 14.7. The van der Waals surface area contributed by atoms with Gasteiger partial charge in [-0.3, -0.25) is 9.59 Å². The number of carbonyl (C=O) groups is 1. The first-order valence-electron chi connectivity index (χ1n) is 5.62. The maximum atomic E-state index is 12.2. The molecular formula is C13H10Cl2N2O3. The summed E-state index contributed by atoms with van der Waals surface area (Å²) in [4.78, 5) is 23.8. The van der Waals surface area contributed by atoms with Crippen LogP contribution in [0.1, 0.15) is 10.4 Å². The summed E-state index contributed by atoms with van der Waals surface area (Å²) in [5.41, 5.74) is -0.159. The molecule has 1 aromatic heterocycles. The van der Waals surface area contributed by atoms with E-state index < -0.39 is 5.56 Å². The van der Waals surface area contributed by atoms with Crippen LogP contribution in [0.15, 0.2) is 35.1 Å². The lowest BCUT2D eigenvalue weighted by Crippen LogP contribution is -2.26. The maximum Gasteiger partial charge on any atom is 0.267 e. The van der Waals surface area contributed by atoms with Crippen molar-refractivity contribution in [2.45, 2.75) is 6.54 Å². The zero-order valence-electron chi connectivity index (χ0n) is 10.5. The van der Waals surface area contributed by atoms with Gasteiger partial charge in [0, 0.05) is 17.7 Å². The molecule has 0 N–H and O–H groups in total. The molecule has 0 amide bonds. The average molecular weight is 313 g/mol. The van der Waals surface area contributed by atoms with E-state index in [9.17, 15) is 9.59 Å². The highest BCUT2D eigenvalue weighted by Crippen LogP contribution is 2.25. The Morgan fingerprint density at radius 2 is 2.05 bits per heavy atom. The van der Waals surface area contributed by atoms with Crippen molar-refractivity contribution in [2.75, 3.05) is 7.11 Å². The van der Waals surface area contributed by atoms with Gasteiger partial charge in [0.2, 0.25) is 5.88 Å². The molecule has 0 unspecified atom stereocenters. The van der Waals surface area contributed by atoms with E-state index in [2.05, 4.69) is 5.10 Å². The van der Waals surface area contributed by atoms with Gasteiger partial charge in [-0.1, -0.05) is 29.3 Å². The van der Waals surface area contributed by atoms with Gasteiger partial charge in [-0.15, -0.1) is 5.10 Å². The molecule has 0 radical (unpaired) electrons. The lowest BCUT2D eigenvalue weighted by molar-refractivity contribution is 0.0965. The smallest absolute Gasteiger partial charge is 0.267 e. The van der Waals surface area contributed by atoms with Crippen LogP contribution >= 0.6 is 23.2 Å². The minimum Gasteiger partial charge on any atom is -0.480 e. The predicted octanol–water partition coefficient (Wildman–Crippen LogP) is 2.44. The molecule has 0 fully saturated rings. The first-order chi connectivity index (χ1) is 9.52. The van der Waals surface area contributed by atoms with Crippen LogP contribution in [-0.4, -0.2) is 22.7 Å². The van der Waals surface area contributed by atoms with Crippen molar-refractivity contribution in [3.05, 3.63) is 56.3 Å². The second-order valence-corrected chi connectivity index (χ2v) is 4.68. The molecule has 20 heavy (non-hydrogen) atoms. The minimum absolute atomic E-state index is 0.162. The molecule has 0 spiro atoms. The highest BCUT2D eigenvalue weighted by molar-refractivity contribution is 6.43. The molecule has 1 heterocycles. The average Bonchev–Trinajstić information content (AvgIpc) is 2.44. The van der Waals surface area contributed by atoms with Crippen molar-refractivity contribution in [2.24, 2.45) is 0 Å². The molecule has 0 aliphatic rings. The monoisotopic (exact) mass is 312 g/mol. The molecule has 0 bridgehead atoms. The van der Waals surface area contributed by atoms with Crippen molar-refractivity contribution in [3.8, 4) is 5.88 Å². The van der Waals surface area contributed by atoms with Crippen molar-refractivity contribution in [1.29, 1.82) is 0 Å². The van der Waals surface area contributed by atoms with Gasteiger partial charge in [0.1, 0.15) is 6.54 Å². The molecule has 0 saturated carbocycles. The fourth-order valence-corrected chi connectivity index (χ4v) is 2.00. The van der Waals surface area contributed by atoms with E-state index in [1.54, 1.807) is 18.2 Å². The predicted molar refractivity (Wildman–Crippen MR) is 75.8 cm³/mol. The summed E-state index contributed by atoms with van der Waals surface area (Å²) in [6.45, 7) is -0.240. The Kier molecular flexibility index (Phi) is 4.42. The van der Waals surface area contributed by atoms with Gasteiger partial charge in [-0.05, 0) is 12.1 Å². The molecule has 2 aromatic rings. The van der Waals surface area contributed by atoms with Crippen LogP contribution in [0.25, 0.3) is 0 Å². The molecule has 0 aliphatic carbocycles. The number of hydrogen-bond donors (Lipinski definition) is 0. The largest absolute Gasteiger partial charge is 0.480 e. The topological polar surface area (TPSA) is 61.2 Å². The third-order valence-corrected chi connectivity index (χ3v) is 3.42. The van der Waals surface area contributed by atoms with Gasteiger partial charge in [0.05, 0.1) is 17.2 Å². The number of methoxy groups -OCH3 is 1. The number of Topliss-reactive ketones (excluding diaryl/α,β-unsaturated/α-hetero) is 1. The second kappa shape index (κ2) is 6.07. The van der Waals surface area contributed by atoms with Crippen LogP contribution in [-0.2, 0) is 6.54 Å². The van der Waals surface area contributed by atoms with Crippen molar-refractivity contribution >= 4 is 29.0 Å². The van der Waals surface area contributed by atoms with E-state index in [1.165, 1.54) is 19.2 Å². The number of rotatable bonds is 4. The van der Waals surface area contributed by atoms with Crippen LogP contribution in [0, 0.1) is 0 Å². The van der Waals surface area contributed by atoms with Crippen LogP contribution < -0.4 is 10.3 Å². The third-order valence-electron chi connectivity index (χ3n) is 2.60. The lowest BCUT2D eigenvalue weighted by Gasteiger charge is -2.07. The normalized spacial score (nSPS) is 10.3. The fraction of sp³-hybridized carbons (Fsp3) is 0.154. The van der Waals surface area contributed by atoms with E-state index in [4.69, 9.17) is 27.9 Å². The molecular weight excluding hydrogens is 303 g/mol. The molecule has 5 nitrogen and oxygen atoms in total. The number of benzene rings is 1. The SMILES string of the molecule is COc1ccc(=O)n(CC(=O)c2cccc(Cl)c2Cl)n1. The van der Waals surface area contributed by atoms with E-state index in [1.807, 2.05) is 0 Å². The molecule has 1 aromatic carbocycles. The summed E-state index contributed by atoms with van der Waals surface area (Å²) in [5, 5.41) is 4.34. The third kappa shape index (κ3) is 3.00. The Morgan fingerprint density at radius 1 is 1.30 bits per heavy atom. The zero-order valence-corrected chi connectivity index (χ0v) is 12.0. The molecule has 0 aliphatic heterocycles. The number of ether oxygens (including phenoxy) is 1. The summed E-state index contributed by atoms with van der Waals surface area (Å²) in [5.74, 6) is -0.116. The summed E-state index contributed by atoms with van der Waals surface area (Å²) in [6, 6.07) is 7.44. The van der Waals surface area contributed by atoms with E-state index in [0.29, 0.717) is 0 Å². The van der Waals surface area contributed by atoms with Crippen LogP contribution in [0.4, 0.5) is 0 Å². The first-order valence-corrected chi connectivity index (χ1v) is 6.38. The number of nitrogens with zero attached hydrogens (tertiary/aromatic N) is 2. The van der Waals surface area contributed by atoms with Crippen LogP contribution in [0.2, 0.25) is 10.0 Å². The van der Waals surface area contributed by atoms with Crippen LogP contribution in [0.3, 0.4) is 0 Å². The molecule has 0 atom stereocenters. The Hall–Kier alpha value is -1.85. The summed E-state index contributed by atoms with van der Waals surface area (Å²) >= 11 is 11.8. The fourth-order valence-electron chi connectivity index (χ4n) is 1.59. The number of aromatic nitrogens is 2. The van der Waals surface area contributed by atoms with E-state index in [0.717, 1.165) is 4.68 Å². The molecule has 0 saturated heterocycles. The Labute approximate surface area is 124 Å². The first kappa shape index (κ1) is 14.6. The van der Waals surface area contributed by atoms with Gasteiger partial charge in [-0.2, -0.15) is 0 Å². The maximum absolute atomic E-state index is 12.2. The Morgan fingerprint density at radius 3 is 2.75 bits per heavy atom. The van der Waals surface area contributed by atoms with Gasteiger partial charge in [-0.25, -0.2) is 4.68 Å². The quantitative estimate of drug-likeness (QED) is 0.814. The van der Waals surface area contributed by atoms with E-state index in [-0.39, 0.29) is 33.8 Å². The Balaban J connectivity index is 2.32. The van der Waals surface area contributed by atoms with Gasteiger partial charge in [0.15, 0.2) is 5.78 Å². The van der Waals surface area contributed by atoms with Crippen molar-refractivity contribution in [3.63, 3.8) is 0 Å². The Bertz CT molecular complexity index is 713. The minimum atomic E-state index is -0.405. The highest BCUT2D eigenvalue weighted by Gasteiger charge is 2.14. The standard InChI is InChI=1S/C13H10Cl2N2O3/c1-20-11-5-6-12(19)17(16-11)7-10(18)8-3-2-4-9(14)13(8)15/h2-6H,7H2,1H3. The number of halogens is 2. The van der Waals surface area contributed by atoms with Crippen molar-refractivity contribution in [1.82, 2.24) is 9.78 Å². The second-order valence-electron chi connectivity index (χ2n) is 3.90. The number of hydrogen-bond acceptors (Lipinski definition) is 4. The summed E-state index contributed by atoms with van der Waals surface area (Å²) < 4.78 is 5.92. The molecule has 7 heteroatoms. The summed E-state index contributed by atoms with van der Waals surface area (Å²) in [6.07, 6.45) is 0. The van der Waals surface area contributed by atoms with Gasteiger partial charge < -0.3 is 4.74 Å². The summed E-state index contributed by atoms with van der Waals surface area (Å²) in [7, 11) is 1.42. The van der Waals surface area contributed by atoms with Crippen LogP contribution in [0.5, 0.6) is 5.88 Å². The number of carbonyl (C=O) groups excluding carboxylic acids is 1. The van der Waals surface area contributed by atoms with Gasteiger partial charge in [0.25, 0.3) is 5.56 Å². The molecule has 104 valence electrons. The van der Waals surface area contributed by atoms with E-state index >= 15 is 0 Å². The highest BCUT2D eigenvalue weighted by atomic mass is 35.5. The van der Waals surface area contributed by atoms with Gasteiger partial charge >= 0.3 is 0 Å².